The van der Waals surface area contributed by atoms with Crippen LogP contribution < -0.4 is 0 Å². The number of rotatable bonds is 1. The van der Waals surface area contributed by atoms with Crippen molar-refractivity contribution in [3.05, 3.63) is 34.1 Å². The average Bonchev–Trinajstić information content (AvgIpc) is 2.03. The van der Waals surface area contributed by atoms with E-state index >= 15 is 0 Å². The zero-order valence-corrected chi connectivity index (χ0v) is 8.65. The molecule has 0 saturated carbocycles. The molecule has 0 N–H and O–H groups in total. The van der Waals surface area contributed by atoms with Gasteiger partial charge < -0.3 is 0 Å². The van der Waals surface area contributed by atoms with Crippen molar-refractivity contribution in [2.45, 2.75) is 0 Å². The van der Waals surface area contributed by atoms with E-state index in [9.17, 15) is 9.18 Å². The van der Waals surface area contributed by atoms with Gasteiger partial charge in [-0.3, -0.25) is 4.79 Å². The van der Waals surface area contributed by atoms with Crippen molar-refractivity contribution in [1.82, 2.24) is 0 Å². The van der Waals surface area contributed by atoms with Crippen LogP contribution in [0.5, 0.6) is 0 Å². The summed E-state index contributed by atoms with van der Waals surface area (Å²) in [6.07, 6.45) is 0. The van der Waals surface area contributed by atoms with E-state index in [1.165, 1.54) is 12.1 Å². The SMILES string of the molecule is O=C(N=C=S)c1cc(F)cc(Br)c1. The van der Waals surface area contributed by atoms with Crippen LogP contribution in [0.2, 0.25) is 0 Å². The molecule has 0 heterocycles. The van der Waals surface area contributed by atoms with Crippen molar-refractivity contribution < 1.29 is 9.18 Å². The van der Waals surface area contributed by atoms with Crippen LogP contribution in [-0.4, -0.2) is 11.1 Å². The lowest BCUT2D eigenvalue weighted by Crippen LogP contribution is -1.94. The molecule has 0 fully saturated rings. The summed E-state index contributed by atoms with van der Waals surface area (Å²) in [5, 5.41) is 1.93. The molecular formula is C8H3BrFNOS. The normalized spacial score (nSPS) is 9.08. The summed E-state index contributed by atoms with van der Waals surface area (Å²) >= 11 is 7.30. The van der Waals surface area contributed by atoms with Crippen molar-refractivity contribution in [2.75, 3.05) is 0 Å². The van der Waals surface area contributed by atoms with Crippen molar-refractivity contribution >= 4 is 39.2 Å². The summed E-state index contributed by atoms with van der Waals surface area (Å²) in [4.78, 5) is 14.3. The third-order valence-electron chi connectivity index (χ3n) is 1.26. The molecule has 0 unspecified atom stereocenters. The Morgan fingerprint density at radius 3 is 2.77 bits per heavy atom. The van der Waals surface area contributed by atoms with E-state index in [0.29, 0.717) is 4.47 Å². The zero-order chi connectivity index (χ0) is 9.84. The van der Waals surface area contributed by atoms with Gasteiger partial charge in [0.15, 0.2) is 0 Å². The highest BCUT2D eigenvalue weighted by Gasteiger charge is 2.05. The minimum absolute atomic E-state index is 0.143. The highest BCUT2D eigenvalue weighted by molar-refractivity contribution is 9.10. The molecule has 0 aromatic heterocycles. The Kier molecular flexibility index (Phi) is 3.42. The fraction of sp³-hybridized carbons (Fsp3) is 0. The molecule has 0 bridgehead atoms. The predicted octanol–water partition coefficient (Wildman–Crippen LogP) is 2.83. The number of amides is 1. The average molecular weight is 260 g/mol. The molecule has 1 amide bonds. The van der Waals surface area contributed by atoms with Gasteiger partial charge in [-0.25, -0.2) is 4.39 Å². The highest BCUT2D eigenvalue weighted by Crippen LogP contribution is 2.15. The number of carbonyl (C=O) groups is 1. The number of isothiocyanates is 1. The van der Waals surface area contributed by atoms with Crippen LogP contribution in [0, 0.1) is 5.82 Å². The van der Waals surface area contributed by atoms with Gasteiger partial charge in [0.05, 0.1) is 5.16 Å². The Bertz CT molecular complexity index is 381. The standard InChI is InChI=1S/C8H3BrFNOS/c9-6-1-5(2-7(10)3-6)8(12)11-4-13/h1-3H. The van der Waals surface area contributed by atoms with Crippen LogP contribution in [0.15, 0.2) is 27.7 Å². The van der Waals surface area contributed by atoms with E-state index in [0.717, 1.165) is 6.07 Å². The quantitative estimate of drug-likeness (QED) is 0.574. The number of hydrogen-bond donors (Lipinski definition) is 0. The van der Waals surface area contributed by atoms with Crippen LogP contribution in [0.1, 0.15) is 10.4 Å². The van der Waals surface area contributed by atoms with E-state index in [4.69, 9.17) is 0 Å². The van der Waals surface area contributed by atoms with Gasteiger partial charge >= 0.3 is 0 Å². The van der Waals surface area contributed by atoms with Gasteiger partial charge in [0.1, 0.15) is 5.82 Å². The molecule has 1 aromatic rings. The number of carbonyl (C=O) groups excluding carboxylic acids is 1. The van der Waals surface area contributed by atoms with Gasteiger partial charge in [0.2, 0.25) is 0 Å². The number of hydrogen-bond acceptors (Lipinski definition) is 2. The molecule has 0 aliphatic heterocycles. The number of thiocarbonyl (C=S) groups is 1. The van der Waals surface area contributed by atoms with Crippen molar-refractivity contribution in [3.8, 4) is 0 Å². The Hall–Kier alpha value is -0.900. The molecule has 0 spiro atoms. The first-order valence-corrected chi connectivity index (χ1v) is 4.42. The highest BCUT2D eigenvalue weighted by atomic mass is 79.9. The first-order valence-electron chi connectivity index (χ1n) is 3.22. The molecule has 2 nitrogen and oxygen atoms in total. The van der Waals surface area contributed by atoms with Gasteiger partial charge in [-0.2, -0.15) is 4.99 Å². The summed E-state index contributed by atoms with van der Waals surface area (Å²) < 4.78 is 13.2. The number of benzene rings is 1. The van der Waals surface area contributed by atoms with E-state index in [1.807, 2.05) is 5.16 Å². The first-order chi connectivity index (χ1) is 6.13. The maximum Gasteiger partial charge on any atom is 0.285 e. The van der Waals surface area contributed by atoms with Crippen molar-refractivity contribution in [2.24, 2.45) is 4.99 Å². The Morgan fingerprint density at radius 2 is 2.23 bits per heavy atom. The monoisotopic (exact) mass is 259 g/mol. The molecule has 66 valence electrons. The summed E-state index contributed by atoms with van der Waals surface area (Å²) in [5.74, 6) is -1.10. The lowest BCUT2D eigenvalue weighted by atomic mass is 10.2. The minimum Gasteiger partial charge on any atom is -0.266 e. The molecule has 0 saturated heterocycles. The summed E-state index contributed by atoms with van der Waals surface area (Å²) in [7, 11) is 0. The number of halogens is 2. The van der Waals surface area contributed by atoms with Gasteiger partial charge in [-0.1, -0.05) is 15.9 Å². The van der Waals surface area contributed by atoms with Crippen molar-refractivity contribution in [3.63, 3.8) is 0 Å². The third kappa shape index (κ3) is 2.81. The molecule has 0 atom stereocenters. The zero-order valence-electron chi connectivity index (χ0n) is 6.25. The lowest BCUT2D eigenvalue weighted by molar-refractivity contribution is 0.100. The van der Waals surface area contributed by atoms with E-state index in [1.54, 1.807) is 0 Å². The minimum atomic E-state index is -0.602. The topological polar surface area (TPSA) is 29.4 Å². The third-order valence-corrected chi connectivity index (χ3v) is 1.81. The van der Waals surface area contributed by atoms with E-state index in [2.05, 4.69) is 33.1 Å². The van der Waals surface area contributed by atoms with Gasteiger partial charge in [-0.15, -0.1) is 0 Å². The second-order valence-electron chi connectivity index (χ2n) is 2.17. The molecular weight excluding hydrogens is 257 g/mol. The summed E-state index contributed by atoms with van der Waals surface area (Å²) in [6, 6.07) is 3.79. The van der Waals surface area contributed by atoms with Crippen LogP contribution in [0.25, 0.3) is 0 Å². The molecule has 0 aliphatic carbocycles. The first kappa shape index (κ1) is 10.2. The smallest absolute Gasteiger partial charge is 0.266 e. The van der Waals surface area contributed by atoms with E-state index in [-0.39, 0.29) is 5.56 Å². The van der Waals surface area contributed by atoms with Gasteiger partial charge in [-0.05, 0) is 30.4 Å². The Morgan fingerprint density at radius 1 is 1.54 bits per heavy atom. The second-order valence-corrected chi connectivity index (χ2v) is 3.26. The van der Waals surface area contributed by atoms with Crippen LogP contribution in [0.4, 0.5) is 4.39 Å². The maximum atomic E-state index is 12.8. The lowest BCUT2D eigenvalue weighted by Gasteiger charge is -1.95. The largest absolute Gasteiger partial charge is 0.285 e. The van der Waals surface area contributed by atoms with Crippen LogP contribution in [-0.2, 0) is 0 Å². The van der Waals surface area contributed by atoms with E-state index < -0.39 is 11.7 Å². The molecule has 0 radical (unpaired) electrons. The molecule has 0 aliphatic rings. The van der Waals surface area contributed by atoms with Crippen LogP contribution >= 0.6 is 28.1 Å². The maximum absolute atomic E-state index is 12.8. The second kappa shape index (κ2) is 4.37. The Labute approximate surface area is 87.6 Å². The molecule has 5 heteroatoms. The van der Waals surface area contributed by atoms with Gasteiger partial charge in [0, 0.05) is 10.0 Å². The fourth-order valence-electron chi connectivity index (χ4n) is 0.783. The molecule has 1 rings (SSSR count). The van der Waals surface area contributed by atoms with Crippen LogP contribution in [0.3, 0.4) is 0 Å². The predicted molar refractivity (Wildman–Crippen MR) is 53.5 cm³/mol. The number of aliphatic imine (C=N–C) groups is 1. The fourth-order valence-corrected chi connectivity index (χ4v) is 1.33. The molecule has 1 aromatic carbocycles. The summed E-state index contributed by atoms with van der Waals surface area (Å²) in [5.41, 5.74) is 0.143. The summed E-state index contributed by atoms with van der Waals surface area (Å²) in [6.45, 7) is 0. The van der Waals surface area contributed by atoms with Crippen molar-refractivity contribution in [1.29, 1.82) is 0 Å². The molecule has 13 heavy (non-hydrogen) atoms. The van der Waals surface area contributed by atoms with Gasteiger partial charge in [0.25, 0.3) is 5.91 Å². The Balaban J connectivity index is 3.15. The number of nitrogens with zero attached hydrogens (tertiary/aromatic N) is 1.